The summed E-state index contributed by atoms with van der Waals surface area (Å²) in [6.45, 7) is 0.937. The lowest BCUT2D eigenvalue weighted by Gasteiger charge is -2.08. The van der Waals surface area contributed by atoms with Gasteiger partial charge in [0.05, 0.1) is 22.5 Å². The maximum absolute atomic E-state index is 12.7. The summed E-state index contributed by atoms with van der Waals surface area (Å²) in [4.78, 5) is 31.7. The van der Waals surface area contributed by atoms with Gasteiger partial charge in [-0.05, 0) is 31.2 Å². The molecule has 8 nitrogen and oxygen atoms in total. The molecule has 0 spiro atoms. The maximum atomic E-state index is 12.7. The molecule has 30 heavy (non-hydrogen) atoms. The van der Waals surface area contributed by atoms with Crippen molar-refractivity contribution in [2.75, 3.05) is 11.9 Å². The molecule has 0 saturated heterocycles. The Morgan fingerprint density at radius 2 is 1.90 bits per heavy atom. The molecule has 0 aliphatic heterocycles. The van der Waals surface area contributed by atoms with Gasteiger partial charge in [0.15, 0.2) is 12.4 Å². The van der Waals surface area contributed by atoms with Crippen LogP contribution in [-0.2, 0) is 15.7 Å². The number of hydrogen-bond donors (Lipinski definition) is 1. The van der Waals surface area contributed by atoms with E-state index in [-0.39, 0.29) is 22.9 Å². The van der Waals surface area contributed by atoms with E-state index in [2.05, 4.69) is 20.4 Å². The predicted molar refractivity (Wildman–Crippen MR) is 99.3 cm³/mol. The number of amides is 1. The molecule has 0 saturated carbocycles. The molecular formula is C18H13ClF3N5O3. The van der Waals surface area contributed by atoms with Crippen LogP contribution in [0, 0.1) is 6.92 Å². The van der Waals surface area contributed by atoms with Gasteiger partial charge in [-0.15, -0.1) is 0 Å². The largest absolute Gasteiger partial charge is 0.452 e. The van der Waals surface area contributed by atoms with Gasteiger partial charge in [-0.25, -0.2) is 19.4 Å². The van der Waals surface area contributed by atoms with Gasteiger partial charge in [0.25, 0.3) is 5.91 Å². The lowest BCUT2D eigenvalue weighted by Crippen LogP contribution is -2.21. The van der Waals surface area contributed by atoms with Gasteiger partial charge in [0.2, 0.25) is 0 Å². The summed E-state index contributed by atoms with van der Waals surface area (Å²) in [5.41, 5.74) is -0.585. The van der Waals surface area contributed by atoms with E-state index in [1.807, 2.05) is 0 Å². The SMILES string of the molecule is Cc1c(C(=O)OCC(=O)Nc2ccc(Cl)cn2)cnn1-c1ccc(C(F)(F)F)cn1. The van der Waals surface area contributed by atoms with Crippen molar-refractivity contribution in [3.63, 3.8) is 0 Å². The van der Waals surface area contributed by atoms with E-state index in [1.54, 1.807) is 0 Å². The van der Waals surface area contributed by atoms with Crippen molar-refractivity contribution in [3.8, 4) is 5.82 Å². The zero-order valence-corrected chi connectivity index (χ0v) is 16.0. The Hall–Kier alpha value is -3.47. The third kappa shape index (κ3) is 4.92. The highest BCUT2D eigenvalue weighted by Crippen LogP contribution is 2.28. The molecule has 0 aromatic carbocycles. The number of alkyl halides is 3. The highest BCUT2D eigenvalue weighted by molar-refractivity contribution is 6.30. The van der Waals surface area contributed by atoms with Crippen molar-refractivity contribution >= 4 is 29.3 Å². The monoisotopic (exact) mass is 439 g/mol. The van der Waals surface area contributed by atoms with Gasteiger partial charge >= 0.3 is 12.1 Å². The minimum atomic E-state index is -4.51. The van der Waals surface area contributed by atoms with Crippen LogP contribution in [0.4, 0.5) is 19.0 Å². The molecule has 0 aliphatic carbocycles. The number of nitrogens with one attached hydrogen (secondary N) is 1. The number of ether oxygens (including phenoxy) is 1. The molecule has 0 unspecified atom stereocenters. The van der Waals surface area contributed by atoms with Crippen molar-refractivity contribution in [2.24, 2.45) is 0 Å². The number of hydrogen-bond acceptors (Lipinski definition) is 6. The molecule has 3 aromatic rings. The summed E-state index contributed by atoms with van der Waals surface area (Å²) in [6, 6.07) is 5.00. The third-order valence-electron chi connectivity index (χ3n) is 3.85. The van der Waals surface area contributed by atoms with Gasteiger partial charge in [-0.1, -0.05) is 11.6 Å². The Labute approximate surface area is 172 Å². The van der Waals surface area contributed by atoms with Crippen LogP contribution in [0.25, 0.3) is 5.82 Å². The molecule has 0 atom stereocenters. The third-order valence-corrected chi connectivity index (χ3v) is 4.07. The molecule has 0 radical (unpaired) electrons. The fourth-order valence-corrected chi connectivity index (χ4v) is 2.47. The quantitative estimate of drug-likeness (QED) is 0.611. The van der Waals surface area contributed by atoms with Crippen molar-refractivity contribution in [2.45, 2.75) is 13.1 Å². The average Bonchev–Trinajstić information content (AvgIpc) is 3.09. The molecule has 3 aromatic heterocycles. The van der Waals surface area contributed by atoms with E-state index in [4.69, 9.17) is 16.3 Å². The number of pyridine rings is 2. The van der Waals surface area contributed by atoms with Crippen LogP contribution in [0.5, 0.6) is 0 Å². The topological polar surface area (TPSA) is 99.0 Å². The fraction of sp³-hybridized carbons (Fsp3) is 0.167. The summed E-state index contributed by atoms with van der Waals surface area (Å²) >= 11 is 5.70. The highest BCUT2D eigenvalue weighted by atomic mass is 35.5. The standard InChI is InChI=1S/C18H13ClF3N5O3/c1-10-13(8-25-27(10)15-5-2-11(6-24-15)18(20,21)22)17(29)30-9-16(28)26-14-4-3-12(19)7-23-14/h2-8H,9H2,1H3,(H,23,26,28). The smallest absolute Gasteiger partial charge is 0.417 e. The first-order chi connectivity index (χ1) is 14.1. The zero-order chi connectivity index (χ0) is 21.9. The van der Waals surface area contributed by atoms with Crippen LogP contribution >= 0.6 is 11.6 Å². The first-order valence-electron chi connectivity index (χ1n) is 8.32. The van der Waals surface area contributed by atoms with E-state index < -0.39 is 30.2 Å². The number of anilines is 1. The molecule has 0 bridgehead atoms. The van der Waals surface area contributed by atoms with E-state index >= 15 is 0 Å². The Morgan fingerprint density at radius 1 is 1.13 bits per heavy atom. The molecule has 0 fully saturated rings. The molecule has 156 valence electrons. The molecule has 3 heterocycles. The maximum Gasteiger partial charge on any atom is 0.417 e. The van der Waals surface area contributed by atoms with Gasteiger partial charge in [0.1, 0.15) is 11.4 Å². The second-order valence-electron chi connectivity index (χ2n) is 5.94. The van der Waals surface area contributed by atoms with Crippen LogP contribution in [0.1, 0.15) is 21.6 Å². The van der Waals surface area contributed by atoms with Crippen molar-refractivity contribution in [1.82, 2.24) is 19.7 Å². The van der Waals surface area contributed by atoms with Crippen LogP contribution in [0.15, 0.2) is 42.9 Å². The number of nitrogens with zero attached hydrogens (tertiary/aromatic N) is 4. The molecule has 3 rings (SSSR count). The second-order valence-corrected chi connectivity index (χ2v) is 6.38. The van der Waals surface area contributed by atoms with E-state index in [1.165, 1.54) is 36.1 Å². The minimum absolute atomic E-state index is 0.0362. The van der Waals surface area contributed by atoms with Crippen LogP contribution in [0.3, 0.4) is 0 Å². The van der Waals surface area contributed by atoms with Gasteiger partial charge in [-0.3, -0.25) is 4.79 Å². The van der Waals surface area contributed by atoms with Gasteiger partial charge in [-0.2, -0.15) is 18.3 Å². The average molecular weight is 440 g/mol. The highest BCUT2D eigenvalue weighted by Gasteiger charge is 2.31. The van der Waals surface area contributed by atoms with Gasteiger partial charge in [0, 0.05) is 12.4 Å². The summed E-state index contributed by atoms with van der Waals surface area (Å²) in [6.07, 6.45) is -1.32. The number of aromatic nitrogens is 4. The fourth-order valence-electron chi connectivity index (χ4n) is 2.36. The number of carbonyl (C=O) groups excluding carboxylic acids is 2. The van der Waals surface area contributed by atoms with Crippen molar-refractivity contribution in [1.29, 1.82) is 0 Å². The summed E-state index contributed by atoms with van der Waals surface area (Å²) in [5, 5.41) is 6.78. The predicted octanol–water partition coefficient (Wildman–Crippen LogP) is 3.44. The zero-order valence-electron chi connectivity index (χ0n) is 15.3. The van der Waals surface area contributed by atoms with Crippen LogP contribution in [-0.4, -0.2) is 38.2 Å². The van der Waals surface area contributed by atoms with Crippen molar-refractivity contribution < 1.29 is 27.5 Å². The molecule has 12 heteroatoms. The first-order valence-corrected chi connectivity index (χ1v) is 8.69. The molecule has 0 aliphatic rings. The lowest BCUT2D eigenvalue weighted by molar-refractivity contribution is -0.137. The summed E-state index contributed by atoms with van der Waals surface area (Å²) in [7, 11) is 0. The minimum Gasteiger partial charge on any atom is -0.452 e. The van der Waals surface area contributed by atoms with E-state index in [9.17, 15) is 22.8 Å². The molecule has 1 amide bonds. The number of halogens is 4. The van der Waals surface area contributed by atoms with Crippen LogP contribution in [0.2, 0.25) is 5.02 Å². The lowest BCUT2D eigenvalue weighted by atomic mass is 10.2. The Kier molecular flexibility index (Phi) is 6.01. The number of carbonyl (C=O) groups is 2. The number of esters is 1. The van der Waals surface area contributed by atoms with Gasteiger partial charge < -0.3 is 10.1 Å². The van der Waals surface area contributed by atoms with Crippen molar-refractivity contribution in [3.05, 3.63) is 64.7 Å². The Morgan fingerprint density at radius 3 is 2.50 bits per heavy atom. The Bertz CT molecular complexity index is 1070. The molecule has 1 N–H and O–H groups in total. The summed E-state index contributed by atoms with van der Waals surface area (Å²) in [5.74, 6) is -1.12. The summed E-state index contributed by atoms with van der Waals surface area (Å²) < 4.78 is 44.1. The Balaban J connectivity index is 1.64. The number of rotatable bonds is 5. The van der Waals surface area contributed by atoms with E-state index in [0.717, 1.165) is 12.1 Å². The first kappa shape index (κ1) is 21.2. The second kappa shape index (κ2) is 8.49. The van der Waals surface area contributed by atoms with Crippen LogP contribution < -0.4 is 5.32 Å². The molecular weight excluding hydrogens is 427 g/mol. The van der Waals surface area contributed by atoms with E-state index in [0.29, 0.717) is 11.2 Å². The normalized spacial score (nSPS) is 11.2.